The fraction of sp³-hybridized carbons (Fsp3) is 1.00. The molecule has 0 aliphatic carbocycles. The summed E-state index contributed by atoms with van der Waals surface area (Å²) in [6.45, 7) is 11.8. The van der Waals surface area contributed by atoms with Crippen LogP contribution >= 0.6 is 0 Å². The molecule has 0 aromatic carbocycles. The molecular formula is C15H32. The van der Waals surface area contributed by atoms with E-state index in [1.165, 1.54) is 44.9 Å². The third-order valence-electron chi connectivity index (χ3n) is 3.68. The third-order valence-corrected chi connectivity index (χ3v) is 3.68. The Balaban J connectivity index is 3.44. The first-order valence-electron chi connectivity index (χ1n) is 7.10. The Bertz CT molecular complexity index is 128. The van der Waals surface area contributed by atoms with Gasteiger partial charge in [0.1, 0.15) is 0 Å². The Labute approximate surface area is 97.8 Å². The van der Waals surface area contributed by atoms with Gasteiger partial charge in [0.2, 0.25) is 0 Å². The lowest BCUT2D eigenvalue weighted by Gasteiger charge is -2.17. The monoisotopic (exact) mass is 212 g/mol. The molecule has 3 atom stereocenters. The molecular weight excluding hydrogens is 180 g/mol. The molecule has 0 aromatic heterocycles. The second kappa shape index (κ2) is 9.24. The number of hydrogen-bond acceptors (Lipinski definition) is 0. The quantitative estimate of drug-likeness (QED) is 0.462. The van der Waals surface area contributed by atoms with E-state index in [1.54, 1.807) is 0 Å². The summed E-state index contributed by atoms with van der Waals surface area (Å²) in [4.78, 5) is 0. The van der Waals surface area contributed by atoms with Crippen molar-refractivity contribution in [3.05, 3.63) is 0 Å². The third kappa shape index (κ3) is 8.96. The molecule has 3 unspecified atom stereocenters. The van der Waals surface area contributed by atoms with Gasteiger partial charge in [-0.2, -0.15) is 0 Å². The second-order valence-electron chi connectivity index (χ2n) is 5.68. The van der Waals surface area contributed by atoms with Crippen LogP contribution in [0.15, 0.2) is 0 Å². The minimum Gasteiger partial charge on any atom is -0.0654 e. The molecule has 0 radical (unpaired) electrons. The van der Waals surface area contributed by atoms with Gasteiger partial charge in [-0.1, -0.05) is 73.1 Å². The normalized spacial score (nSPS) is 17.4. The van der Waals surface area contributed by atoms with E-state index >= 15 is 0 Å². The van der Waals surface area contributed by atoms with Gasteiger partial charge in [-0.15, -0.1) is 0 Å². The summed E-state index contributed by atoms with van der Waals surface area (Å²) >= 11 is 0. The van der Waals surface area contributed by atoms with E-state index in [4.69, 9.17) is 0 Å². The molecule has 0 aromatic rings. The average Bonchev–Trinajstić information content (AvgIpc) is 2.17. The van der Waals surface area contributed by atoms with Crippen LogP contribution in [0.25, 0.3) is 0 Å². The van der Waals surface area contributed by atoms with Crippen LogP contribution < -0.4 is 0 Å². The van der Waals surface area contributed by atoms with Crippen LogP contribution in [-0.4, -0.2) is 0 Å². The van der Waals surface area contributed by atoms with Crippen molar-refractivity contribution in [1.82, 2.24) is 0 Å². The Morgan fingerprint density at radius 1 is 0.733 bits per heavy atom. The van der Waals surface area contributed by atoms with Crippen LogP contribution in [0.2, 0.25) is 0 Å². The van der Waals surface area contributed by atoms with Gasteiger partial charge in [-0.3, -0.25) is 0 Å². The lowest BCUT2D eigenvalue weighted by molar-refractivity contribution is 0.354. The molecule has 0 aliphatic heterocycles. The average molecular weight is 212 g/mol. The van der Waals surface area contributed by atoms with Gasteiger partial charge >= 0.3 is 0 Å². The highest BCUT2D eigenvalue weighted by molar-refractivity contribution is 4.61. The predicted octanol–water partition coefficient (Wildman–Crippen LogP) is 5.67. The van der Waals surface area contributed by atoms with E-state index in [9.17, 15) is 0 Å². The highest BCUT2D eigenvalue weighted by atomic mass is 14.1. The summed E-state index contributed by atoms with van der Waals surface area (Å²) in [6, 6.07) is 0. The van der Waals surface area contributed by atoms with Crippen LogP contribution in [-0.2, 0) is 0 Å². The van der Waals surface area contributed by atoms with Gasteiger partial charge in [0.05, 0.1) is 0 Å². The Morgan fingerprint density at radius 3 is 1.80 bits per heavy atom. The van der Waals surface area contributed by atoms with Crippen LogP contribution in [0.3, 0.4) is 0 Å². The molecule has 0 saturated heterocycles. The van der Waals surface area contributed by atoms with Crippen molar-refractivity contribution >= 4 is 0 Å². The fourth-order valence-electron chi connectivity index (χ4n) is 2.43. The van der Waals surface area contributed by atoms with E-state index in [1.807, 2.05) is 0 Å². The van der Waals surface area contributed by atoms with Crippen molar-refractivity contribution in [2.75, 3.05) is 0 Å². The first-order valence-corrected chi connectivity index (χ1v) is 7.10. The van der Waals surface area contributed by atoms with E-state index in [2.05, 4.69) is 34.6 Å². The molecule has 0 fully saturated rings. The maximum Gasteiger partial charge on any atom is -0.0440 e. The van der Waals surface area contributed by atoms with E-state index in [-0.39, 0.29) is 0 Å². The van der Waals surface area contributed by atoms with Crippen molar-refractivity contribution in [3.8, 4) is 0 Å². The standard InChI is InChI=1S/C15H32/c1-6-9-14(4)12-15(5)11-8-10-13(3)7-2/h13-15H,6-12H2,1-5H3. The summed E-state index contributed by atoms with van der Waals surface area (Å²) in [5.74, 6) is 2.81. The minimum atomic E-state index is 0.935. The molecule has 0 spiro atoms. The number of rotatable bonds is 9. The molecule has 0 heteroatoms. The lowest BCUT2D eigenvalue weighted by Crippen LogP contribution is -2.04. The van der Waals surface area contributed by atoms with Crippen molar-refractivity contribution in [1.29, 1.82) is 0 Å². The SMILES string of the molecule is CCCC(C)CC(C)CCCC(C)CC. The van der Waals surface area contributed by atoms with Gasteiger partial charge in [0, 0.05) is 0 Å². The van der Waals surface area contributed by atoms with Gasteiger partial charge in [-0.25, -0.2) is 0 Å². The van der Waals surface area contributed by atoms with E-state index < -0.39 is 0 Å². The lowest BCUT2D eigenvalue weighted by atomic mass is 9.89. The molecule has 0 nitrogen and oxygen atoms in total. The van der Waals surface area contributed by atoms with Crippen molar-refractivity contribution < 1.29 is 0 Å². The number of hydrogen-bond donors (Lipinski definition) is 0. The Kier molecular flexibility index (Phi) is 9.24. The fourth-order valence-corrected chi connectivity index (χ4v) is 2.43. The smallest absolute Gasteiger partial charge is 0.0440 e. The second-order valence-corrected chi connectivity index (χ2v) is 5.68. The van der Waals surface area contributed by atoms with Crippen LogP contribution in [0.1, 0.15) is 79.6 Å². The van der Waals surface area contributed by atoms with Crippen LogP contribution in [0.5, 0.6) is 0 Å². The molecule has 0 rings (SSSR count). The topological polar surface area (TPSA) is 0 Å². The summed E-state index contributed by atoms with van der Waals surface area (Å²) in [5, 5.41) is 0. The van der Waals surface area contributed by atoms with E-state index in [0.717, 1.165) is 17.8 Å². The Hall–Kier alpha value is 0. The van der Waals surface area contributed by atoms with E-state index in [0.29, 0.717) is 0 Å². The first-order chi connectivity index (χ1) is 7.10. The van der Waals surface area contributed by atoms with Crippen molar-refractivity contribution in [2.45, 2.75) is 79.6 Å². The molecule has 0 saturated carbocycles. The molecule has 0 amide bonds. The zero-order valence-electron chi connectivity index (χ0n) is 11.7. The van der Waals surface area contributed by atoms with Gasteiger partial charge < -0.3 is 0 Å². The summed E-state index contributed by atoms with van der Waals surface area (Å²) in [7, 11) is 0. The van der Waals surface area contributed by atoms with Gasteiger partial charge in [0.15, 0.2) is 0 Å². The van der Waals surface area contributed by atoms with Crippen molar-refractivity contribution in [3.63, 3.8) is 0 Å². The molecule has 0 N–H and O–H groups in total. The minimum absolute atomic E-state index is 0.935. The summed E-state index contributed by atoms with van der Waals surface area (Å²) < 4.78 is 0. The largest absolute Gasteiger partial charge is 0.0654 e. The highest BCUT2D eigenvalue weighted by Crippen LogP contribution is 2.22. The maximum atomic E-state index is 2.43. The highest BCUT2D eigenvalue weighted by Gasteiger charge is 2.08. The van der Waals surface area contributed by atoms with Crippen molar-refractivity contribution in [2.24, 2.45) is 17.8 Å². The predicted molar refractivity (Wildman–Crippen MR) is 71.2 cm³/mol. The van der Waals surface area contributed by atoms with Gasteiger partial charge in [0.25, 0.3) is 0 Å². The Morgan fingerprint density at radius 2 is 1.27 bits per heavy atom. The molecule has 0 aliphatic rings. The maximum absolute atomic E-state index is 2.43. The van der Waals surface area contributed by atoms with Crippen LogP contribution in [0.4, 0.5) is 0 Å². The first kappa shape index (κ1) is 15.0. The molecule has 15 heavy (non-hydrogen) atoms. The molecule has 92 valence electrons. The van der Waals surface area contributed by atoms with Crippen LogP contribution in [0, 0.1) is 17.8 Å². The molecule has 0 bridgehead atoms. The summed E-state index contributed by atoms with van der Waals surface area (Å²) in [6.07, 6.45) is 9.86. The zero-order chi connectivity index (χ0) is 11.7. The summed E-state index contributed by atoms with van der Waals surface area (Å²) in [5.41, 5.74) is 0. The van der Waals surface area contributed by atoms with Gasteiger partial charge in [-0.05, 0) is 24.2 Å². The molecule has 0 heterocycles. The zero-order valence-corrected chi connectivity index (χ0v) is 11.7.